The highest BCUT2D eigenvalue weighted by atomic mass is 16.6. The predicted molar refractivity (Wildman–Crippen MR) is 109 cm³/mol. The van der Waals surface area contributed by atoms with Gasteiger partial charge in [-0.15, -0.1) is 0 Å². The summed E-state index contributed by atoms with van der Waals surface area (Å²) in [4.78, 5) is 49.2. The second-order valence-electron chi connectivity index (χ2n) is 8.35. The van der Waals surface area contributed by atoms with Gasteiger partial charge in [0.1, 0.15) is 6.10 Å². The summed E-state index contributed by atoms with van der Waals surface area (Å²) in [7, 11) is 0. The van der Waals surface area contributed by atoms with Crippen molar-refractivity contribution in [2.45, 2.75) is 18.9 Å². The number of benzene rings is 2. The molecule has 0 spiro atoms. The third kappa shape index (κ3) is 3.50. The maximum atomic E-state index is 12.8. The Balaban J connectivity index is 1.18. The molecule has 2 aliphatic carbocycles. The van der Waals surface area contributed by atoms with E-state index in [2.05, 4.69) is 5.32 Å². The van der Waals surface area contributed by atoms with Crippen molar-refractivity contribution in [2.24, 2.45) is 23.7 Å². The van der Waals surface area contributed by atoms with Gasteiger partial charge in [0.05, 0.1) is 17.4 Å². The highest BCUT2D eigenvalue weighted by molar-refractivity contribution is 6.00. The fourth-order valence-electron chi connectivity index (χ4n) is 5.20. The van der Waals surface area contributed by atoms with Crippen LogP contribution in [0.2, 0.25) is 0 Å². The number of nitrogens with one attached hydrogen (secondary N) is 1. The normalized spacial score (nSPS) is 27.6. The molecule has 7 nitrogen and oxygen atoms in total. The largest absolute Gasteiger partial charge is 0.462 e. The Labute approximate surface area is 178 Å². The van der Waals surface area contributed by atoms with Crippen LogP contribution in [-0.2, 0) is 19.1 Å². The summed E-state index contributed by atoms with van der Waals surface area (Å²) in [6.07, 6.45) is 1.62. The summed E-state index contributed by atoms with van der Waals surface area (Å²) in [5, 5.41) is 2.86. The Morgan fingerprint density at radius 3 is 2.45 bits per heavy atom. The smallest absolute Gasteiger partial charge is 0.338 e. The lowest BCUT2D eigenvalue weighted by atomic mass is 9.79. The van der Waals surface area contributed by atoms with Crippen molar-refractivity contribution in [3.05, 3.63) is 65.7 Å². The standard InChI is InChI=1S/C24H21NO6/c26-18(13-4-2-1-3-5-13)12-30-23(28)14-6-8-16(9-7-14)25-22(27)20-15-10-17-19(11-15)31-24(29)21(17)20/h1-9,15,17,19-21H,10-12H2,(H,25,27)/t15-,17+,19-,20+,21+/m1/s1. The number of hydrogen-bond acceptors (Lipinski definition) is 6. The molecule has 1 saturated heterocycles. The monoisotopic (exact) mass is 419 g/mol. The maximum Gasteiger partial charge on any atom is 0.338 e. The van der Waals surface area contributed by atoms with E-state index in [0.29, 0.717) is 11.3 Å². The first kappa shape index (κ1) is 19.5. The van der Waals surface area contributed by atoms with Gasteiger partial charge in [-0.1, -0.05) is 30.3 Å². The number of amides is 1. The number of fused-ring (bicyclic) bond motifs is 1. The molecule has 1 aliphatic heterocycles. The molecule has 2 bridgehead atoms. The van der Waals surface area contributed by atoms with Crippen LogP contribution in [0.15, 0.2) is 54.6 Å². The van der Waals surface area contributed by atoms with Crippen LogP contribution < -0.4 is 5.32 Å². The van der Waals surface area contributed by atoms with Crippen LogP contribution >= 0.6 is 0 Å². The Hall–Kier alpha value is -3.48. The molecule has 7 heteroatoms. The fourth-order valence-corrected chi connectivity index (χ4v) is 5.20. The third-order valence-corrected chi connectivity index (χ3v) is 6.60. The molecular formula is C24H21NO6. The Morgan fingerprint density at radius 1 is 0.968 bits per heavy atom. The number of rotatable bonds is 6. The summed E-state index contributed by atoms with van der Waals surface area (Å²) >= 11 is 0. The van der Waals surface area contributed by atoms with Crippen molar-refractivity contribution >= 4 is 29.3 Å². The first-order valence-corrected chi connectivity index (χ1v) is 10.4. The lowest BCUT2D eigenvalue weighted by molar-refractivity contribution is -0.145. The second-order valence-corrected chi connectivity index (χ2v) is 8.35. The van der Waals surface area contributed by atoms with Gasteiger partial charge in [0.2, 0.25) is 5.91 Å². The minimum absolute atomic E-state index is 0.00869. The fraction of sp³-hybridized carbons (Fsp3) is 0.333. The molecule has 0 radical (unpaired) electrons. The Kier molecular flexibility index (Phi) is 4.81. The van der Waals surface area contributed by atoms with Crippen LogP contribution in [0.1, 0.15) is 33.6 Å². The molecule has 1 N–H and O–H groups in total. The summed E-state index contributed by atoms with van der Waals surface area (Å²) in [6, 6.07) is 14.9. The molecule has 0 unspecified atom stereocenters. The van der Waals surface area contributed by atoms with E-state index in [1.807, 2.05) is 0 Å². The van der Waals surface area contributed by atoms with Gasteiger partial charge in [-0.2, -0.15) is 0 Å². The maximum absolute atomic E-state index is 12.8. The number of anilines is 1. The van der Waals surface area contributed by atoms with Gasteiger partial charge in [-0.05, 0) is 43.0 Å². The van der Waals surface area contributed by atoms with E-state index in [-0.39, 0.29) is 59.6 Å². The molecule has 1 heterocycles. The molecule has 31 heavy (non-hydrogen) atoms. The first-order chi connectivity index (χ1) is 15.0. The molecule has 2 saturated carbocycles. The molecule has 5 atom stereocenters. The van der Waals surface area contributed by atoms with E-state index in [1.165, 1.54) is 12.1 Å². The van der Waals surface area contributed by atoms with Crippen molar-refractivity contribution in [3.8, 4) is 0 Å². The van der Waals surface area contributed by atoms with Crippen molar-refractivity contribution < 1.29 is 28.7 Å². The minimum atomic E-state index is -0.616. The summed E-state index contributed by atoms with van der Waals surface area (Å²) in [6.45, 7) is -0.343. The molecule has 2 aromatic carbocycles. The van der Waals surface area contributed by atoms with Crippen LogP contribution in [0.4, 0.5) is 5.69 Å². The quantitative estimate of drug-likeness (QED) is 0.571. The average Bonchev–Trinajstić information content (AvgIpc) is 3.41. The second kappa shape index (κ2) is 7.65. The van der Waals surface area contributed by atoms with E-state index in [4.69, 9.17) is 9.47 Å². The summed E-state index contributed by atoms with van der Waals surface area (Å²) in [5.74, 6) is -1.67. The number of hydrogen-bond donors (Lipinski definition) is 1. The SMILES string of the molecule is O=C(COC(=O)c1ccc(NC(=O)[C@H]2[C@@H]3C[C@@H]4[C@@H]2C(=O)O[C@@H]4C3)cc1)c1ccccc1. The van der Waals surface area contributed by atoms with E-state index >= 15 is 0 Å². The number of ketones is 1. The average molecular weight is 419 g/mol. The zero-order valence-electron chi connectivity index (χ0n) is 16.7. The molecule has 1 amide bonds. The molecule has 0 aromatic heterocycles. The molecule has 2 aromatic rings. The lowest BCUT2D eigenvalue weighted by Gasteiger charge is -2.23. The zero-order valence-corrected chi connectivity index (χ0v) is 16.7. The molecule has 3 fully saturated rings. The number of ether oxygens (including phenoxy) is 2. The van der Waals surface area contributed by atoms with Crippen LogP contribution in [0.25, 0.3) is 0 Å². The van der Waals surface area contributed by atoms with Gasteiger partial charge in [0, 0.05) is 17.2 Å². The number of esters is 2. The van der Waals surface area contributed by atoms with Gasteiger partial charge in [-0.25, -0.2) is 4.79 Å². The van der Waals surface area contributed by atoms with Crippen molar-refractivity contribution in [1.82, 2.24) is 0 Å². The third-order valence-electron chi connectivity index (χ3n) is 6.60. The zero-order chi connectivity index (χ0) is 21.5. The summed E-state index contributed by atoms with van der Waals surface area (Å²) in [5.41, 5.74) is 1.29. The van der Waals surface area contributed by atoms with Gasteiger partial charge < -0.3 is 14.8 Å². The molecular weight excluding hydrogens is 398 g/mol. The molecule has 158 valence electrons. The van der Waals surface area contributed by atoms with Crippen molar-refractivity contribution in [3.63, 3.8) is 0 Å². The first-order valence-electron chi connectivity index (χ1n) is 10.4. The van der Waals surface area contributed by atoms with Crippen LogP contribution in [0.5, 0.6) is 0 Å². The summed E-state index contributed by atoms with van der Waals surface area (Å²) < 4.78 is 10.5. The van der Waals surface area contributed by atoms with Gasteiger partial charge in [0.15, 0.2) is 12.4 Å². The number of carbonyl (C=O) groups is 4. The van der Waals surface area contributed by atoms with Crippen molar-refractivity contribution in [1.29, 1.82) is 0 Å². The van der Waals surface area contributed by atoms with E-state index < -0.39 is 5.97 Å². The highest BCUT2D eigenvalue weighted by Gasteiger charge is 2.63. The van der Waals surface area contributed by atoms with Gasteiger partial charge >= 0.3 is 11.9 Å². The van der Waals surface area contributed by atoms with Gasteiger partial charge in [-0.3, -0.25) is 14.4 Å². The minimum Gasteiger partial charge on any atom is -0.462 e. The topological polar surface area (TPSA) is 98.8 Å². The van der Waals surface area contributed by atoms with Crippen LogP contribution in [0, 0.1) is 23.7 Å². The van der Waals surface area contributed by atoms with E-state index in [0.717, 1.165) is 12.8 Å². The molecule has 5 rings (SSSR count). The number of Topliss-reactive ketones (excluding diaryl/α,β-unsaturated/α-hetero) is 1. The van der Waals surface area contributed by atoms with E-state index in [1.54, 1.807) is 42.5 Å². The van der Waals surface area contributed by atoms with E-state index in [9.17, 15) is 19.2 Å². The molecule has 3 aliphatic rings. The lowest BCUT2D eigenvalue weighted by Crippen LogP contribution is -2.35. The number of carbonyl (C=O) groups excluding carboxylic acids is 4. The van der Waals surface area contributed by atoms with Gasteiger partial charge in [0.25, 0.3) is 0 Å². The Morgan fingerprint density at radius 2 is 1.71 bits per heavy atom. The van der Waals surface area contributed by atoms with Crippen LogP contribution in [-0.4, -0.2) is 36.3 Å². The highest BCUT2D eigenvalue weighted by Crippen LogP contribution is 2.57. The Bertz CT molecular complexity index is 1050. The van der Waals surface area contributed by atoms with Crippen LogP contribution in [0.3, 0.4) is 0 Å². The van der Waals surface area contributed by atoms with Crippen molar-refractivity contribution in [2.75, 3.05) is 11.9 Å². The predicted octanol–water partition coefficient (Wildman–Crippen LogP) is 2.86.